The molecule has 0 bridgehead atoms. The largest absolute Gasteiger partial charge is 0.378 e. The number of fused-ring (bicyclic) bond motifs is 6. The Labute approximate surface area is 675 Å². The number of hydrogen-bond donors (Lipinski definition) is 0. The molecule has 8 nitrogen and oxygen atoms in total. The predicted molar refractivity (Wildman–Crippen MR) is 497 cm³/mol. The van der Waals surface area contributed by atoms with Gasteiger partial charge in [-0.15, -0.1) is 0 Å². The van der Waals surface area contributed by atoms with Gasteiger partial charge in [0, 0.05) is 107 Å². The van der Waals surface area contributed by atoms with E-state index in [1.165, 1.54) is 152 Å². The third kappa shape index (κ3) is 9.86. The second-order valence-corrected chi connectivity index (χ2v) is 31.8. The molecule has 0 N–H and O–H groups in total. The van der Waals surface area contributed by atoms with E-state index in [1.54, 1.807) is 0 Å². The normalized spacial score (nSPS) is 12.5. The molecule has 0 saturated carbocycles. The Balaban J connectivity index is 0.000000137. The van der Waals surface area contributed by atoms with Crippen molar-refractivity contribution in [3.8, 4) is 0 Å². The average Bonchev–Trinajstić information content (AvgIpc) is 0.675. The van der Waals surface area contributed by atoms with Crippen molar-refractivity contribution < 1.29 is 0 Å². The molecule has 2 aliphatic rings. The number of benzene rings is 22. The highest BCUT2D eigenvalue weighted by Crippen LogP contribution is 2.55. The lowest BCUT2D eigenvalue weighted by atomic mass is 9.33. The first kappa shape index (κ1) is 66.9. The number of anilines is 14. The van der Waals surface area contributed by atoms with Crippen molar-refractivity contribution in [1.82, 2.24) is 0 Å². The van der Waals surface area contributed by atoms with Crippen LogP contribution in [0.15, 0.2) is 340 Å². The minimum atomic E-state index is -0.0453. The molecule has 0 amide bonds. The standard InChI is InChI=1S/C53H33BN4.C53H35ClN4/c1-55-37-19-21-39(22-20-37)57-45-11-6-12-46-51(45)54(43-29-35-15-13-31-7-4-9-33-17-27-41(52(43)57)49(35)47(31)33)44-30-36-16-14-32-8-5-10-34-18-28-42(50(36)48(32)34)53(44)58(46)40-25-23-38(24-26-40)56(2)3;1-55-39-21-23-41(24-22-39)57(45-31-19-37-15-13-33-7-4-9-35-17-29-43(45)51(37)49(33)35)47-11-6-12-48(53(47)54)58(42-27-25-40(26-28-42)56(2)3)46-32-20-38-16-14-34-8-5-10-36-18-30-44(46)52(38)50(34)36/h4-30H,2-3H3;4-32H,2-3H3. The van der Waals surface area contributed by atoms with Crippen LogP contribution in [0.4, 0.5) is 91.0 Å². The summed E-state index contributed by atoms with van der Waals surface area (Å²) in [5, 5.41) is 30.4. The van der Waals surface area contributed by atoms with Gasteiger partial charge >= 0.3 is 0 Å². The van der Waals surface area contributed by atoms with Crippen molar-refractivity contribution in [3.63, 3.8) is 0 Å². The van der Waals surface area contributed by atoms with E-state index in [0.717, 1.165) is 73.3 Å². The summed E-state index contributed by atoms with van der Waals surface area (Å²) in [6, 6.07) is 123. The summed E-state index contributed by atoms with van der Waals surface area (Å²) in [5.41, 5.74) is 20.0. The number of halogens is 1. The minimum absolute atomic E-state index is 0.0453. The molecule has 0 spiro atoms. The zero-order valence-corrected chi connectivity index (χ0v) is 64.6. The van der Waals surface area contributed by atoms with Crippen LogP contribution in [-0.4, -0.2) is 34.9 Å². The molecule has 0 atom stereocenters. The number of rotatable bonds is 10. The Hall–Kier alpha value is -14.9. The molecular weight excluding hydrogens is 1430 g/mol. The smallest absolute Gasteiger partial charge is 0.252 e. The van der Waals surface area contributed by atoms with Gasteiger partial charge in [0.15, 0.2) is 11.4 Å². The first-order valence-electron chi connectivity index (χ1n) is 39.4. The SMILES string of the molecule is [C-]#[N+]c1ccc(N(c2cccc(N(c3ccc(N(C)C)cc3)c3ccc4ccc5cccc6ccc3c4c56)c2Cl)c2ccc3ccc4cccc5ccc2c3c45)cc1.[C-]#[N+]c1ccc(N2c3cccc4c3B(c3cc5ccc6cccc7ccc(c32)c5c67)c2cc3ccc5cccc6ccc(c2N4c2ccc(N(C)C)cc2)c3c56)cc1. The molecule has 10 heteroatoms. The lowest BCUT2D eigenvalue weighted by molar-refractivity contribution is 1.13. The summed E-state index contributed by atoms with van der Waals surface area (Å²) in [6.07, 6.45) is 0. The predicted octanol–water partition coefficient (Wildman–Crippen LogP) is 27.9. The maximum Gasteiger partial charge on any atom is 0.252 e. The van der Waals surface area contributed by atoms with Gasteiger partial charge in [0.05, 0.1) is 40.9 Å². The van der Waals surface area contributed by atoms with Gasteiger partial charge in [-0.2, -0.15) is 0 Å². The first-order valence-corrected chi connectivity index (χ1v) is 39.8. The molecule has 2 aliphatic heterocycles. The van der Waals surface area contributed by atoms with Crippen LogP contribution in [0.2, 0.25) is 5.02 Å². The van der Waals surface area contributed by atoms with Crippen LogP contribution in [0.1, 0.15) is 0 Å². The van der Waals surface area contributed by atoms with E-state index in [0.29, 0.717) is 16.4 Å². The molecule has 0 aromatic heterocycles. The molecule has 542 valence electrons. The van der Waals surface area contributed by atoms with Crippen molar-refractivity contribution in [1.29, 1.82) is 0 Å². The Bertz CT molecular complexity index is 7840. The van der Waals surface area contributed by atoms with Crippen LogP contribution in [-0.2, 0) is 0 Å². The van der Waals surface area contributed by atoms with E-state index >= 15 is 0 Å². The monoisotopic (exact) mass is 1500 g/mol. The van der Waals surface area contributed by atoms with E-state index in [-0.39, 0.29) is 6.71 Å². The van der Waals surface area contributed by atoms with E-state index in [4.69, 9.17) is 24.7 Å². The van der Waals surface area contributed by atoms with Crippen LogP contribution in [0, 0.1) is 13.1 Å². The molecule has 0 unspecified atom stereocenters. The second kappa shape index (κ2) is 25.6. The fraction of sp³-hybridized carbons (Fsp3) is 0.0377. The van der Waals surface area contributed by atoms with Crippen LogP contribution < -0.4 is 45.8 Å². The van der Waals surface area contributed by atoms with Crippen molar-refractivity contribution in [3.05, 3.63) is 368 Å². The van der Waals surface area contributed by atoms with E-state index in [2.05, 4.69) is 371 Å². The summed E-state index contributed by atoms with van der Waals surface area (Å²) in [6.45, 7) is 15.4. The summed E-state index contributed by atoms with van der Waals surface area (Å²) >= 11 is 7.90. The minimum Gasteiger partial charge on any atom is -0.378 e. The van der Waals surface area contributed by atoms with Gasteiger partial charge in [-0.1, -0.05) is 242 Å². The Morgan fingerprint density at radius 2 is 0.560 bits per heavy atom. The molecular formula is C106H68BClN8. The van der Waals surface area contributed by atoms with Gasteiger partial charge in [0.2, 0.25) is 0 Å². The summed E-state index contributed by atoms with van der Waals surface area (Å²) < 4.78 is 0. The maximum absolute atomic E-state index is 7.90. The van der Waals surface area contributed by atoms with Gasteiger partial charge < -0.3 is 29.4 Å². The highest BCUT2D eigenvalue weighted by atomic mass is 35.5. The van der Waals surface area contributed by atoms with Crippen molar-refractivity contribution in [2.45, 2.75) is 0 Å². The lowest BCUT2D eigenvalue weighted by Gasteiger charge is -2.45. The quantitative estimate of drug-likeness (QED) is 0.0770. The topological polar surface area (TPSA) is 28.2 Å². The third-order valence-electron chi connectivity index (χ3n) is 24.9. The van der Waals surface area contributed by atoms with Crippen LogP contribution in [0.5, 0.6) is 0 Å². The molecule has 24 rings (SSSR count). The van der Waals surface area contributed by atoms with Gasteiger partial charge in [-0.05, 0) is 233 Å². The van der Waals surface area contributed by atoms with Crippen LogP contribution in [0.3, 0.4) is 0 Å². The van der Waals surface area contributed by atoms with Crippen LogP contribution in [0.25, 0.3) is 139 Å². The zero-order chi connectivity index (χ0) is 77.5. The average molecular weight is 1500 g/mol. The summed E-state index contributed by atoms with van der Waals surface area (Å²) in [4.78, 5) is 21.3. The maximum atomic E-state index is 7.90. The molecule has 22 aromatic carbocycles. The van der Waals surface area contributed by atoms with Gasteiger partial charge in [-0.3, -0.25) is 0 Å². The fourth-order valence-corrected chi connectivity index (χ4v) is 20.0. The zero-order valence-electron chi connectivity index (χ0n) is 63.9. The van der Waals surface area contributed by atoms with Gasteiger partial charge in [-0.25, -0.2) is 9.69 Å². The summed E-state index contributed by atoms with van der Waals surface area (Å²) in [5.74, 6) is 0. The highest BCUT2D eigenvalue weighted by molar-refractivity contribution is 7.01. The third-order valence-corrected chi connectivity index (χ3v) is 25.2. The molecule has 0 saturated heterocycles. The van der Waals surface area contributed by atoms with E-state index < -0.39 is 0 Å². The second-order valence-electron chi connectivity index (χ2n) is 31.4. The van der Waals surface area contributed by atoms with E-state index in [9.17, 15) is 0 Å². The highest BCUT2D eigenvalue weighted by Gasteiger charge is 2.45. The van der Waals surface area contributed by atoms with E-state index in [1.807, 2.05) is 36.4 Å². The molecule has 0 radical (unpaired) electrons. The molecule has 116 heavy (non-hydrogen) atoms. The molecule has 22 aromatic rings. The Morgan fingerprint density at radius 1 is 0.276 bits per heavy atom. The van der Waals surface area contributed by atoms with Crippen molar-refractivity contribution in [2.75, 3.05) is 57.6 Å². The fourth-order valence-electron chi connectivity index (χ4n) is 19.7. The Morgan fingerprint density at radius 3 is 0.940 bits per heavy atom. The Kier molecular flexibility index (Phi) is 14.7. The lowest BCUT2D eigenvalue weighted by Crippen LogP contribution is -2.61. The molecule has 2 heterocycles. The number of nitrogens with zero attached hydrogens (tertiary/aromatic N) is 8. The van der Waals surface area contributed by atoms with Crippen molar-refractivity contribution in [2.24, 2.45) is 0 Å². The molecule has 0 aliphatic carbocycles. The van der Waals surface area contributed by atoms with Gasteiger partial charge in [0.1, 0.15) is 0 Å². The van der Waals surface area contributed by atoms with Crippen molar-refractivity contribution >= 4 is 255 Å². The molecule has 0 fully saturated rings. The summed E-state index contributed by atoms with van der Waals surface area (Å²) in [7, 11) is 8.32. The number of hydrogen-bond acceptors (Lipinski definition) is 6. The van der Waals surface area contributed by atoms with Gasteiger partial charge in [0.25, 0.3) is 6.71 Å². The first-order chi connectivity index (χ1) is 57.0. The van der Waals surface area contributed by atoms with Crippen LogP contribution >= 0.6 is 11.6 Å².